The average Bonchev–Trinajstić information content (AvgIpc) is 2.68. The number of benzene rings is 2. The van der Waals surface area contributed by atoms with Gasteiger partial charge in [0.2, 0.25) is 0 Å². The van der Waals surface area contributed by atoms with Crippen LogP contribution in [0.15, 0.2) is 42.5 Å². The highest BCUT2D eigenvalue weighted by Gasteiger charge is 2.17. The molecule has 0 aliphatic carbocycles. The maximum atomic E-state index is 12.3. The van der Waals surface area contributed by atoms with Crippen LogP contribution in [0.25, 0.3) is 0 Å². The van der Waals surface area contributed by atoms with Gasteiger partial charge >= 0.3 is 0 Å². The van der Waals surface area contributed by atoms with Crippen LogP contribution in [0.5, 0.6) is 11.5 Å². The van der Waals surface area contributed by atoms with E-state index in [1.807, 2.05) is 25.1 Å². The molecule has 4 nitrogen and oxygen atoms in total. The molecule has 1 atom stereocenters. The number of amides is 1. The fourth-order valence-corrected chi connectivity index (χ4v) is 3.94. The van der Waals surface area contributed by atoms with Gasteiger partial charge in [-0.15, -0.1) is 0 Å². The Kier molecular flexibility index (Phi) is 9.11. The minimum atomic E-state index is -0.526. The molecule has 0 aliphatic heterocycles. The van der Waals surface area contributed by atoms with E-state index in [2.05, 4.69) is 5.32 Å². The van der Waals surface area contributed by atoms with Crippen molar-refractivity contribution in [1.82, 2.24) is 5.32 Å². The van der Waals surface area contributed by atoms with Crippen LogP contribution >= 0.6 is 35.0 Å². The molecule has 2 rings (SSSR count). The Bertz CT molecular complexity index is 720. The summed E-state index contributed by atoms with van der Waals surface area (Å²) in [6, 6.07) is 12.7. The third kappa shape index (κ3) is 6.83. The van der Waals surface area contributed by atoms with E-state index < -0.39 is 6.10 Å². The van der Waals surface area contributed by atoms with Crippen molar-refractivity contribution in [2.24, 2.45) is 0 Å². The summed E-state index contributed by atoms with van der Waals surface area (Å²) in [6.45, 7) is 2.47. The second-order valence-corrected chi connectivity index (χ2v) is 7.65. The zero-order valence-electron chi connectivity index (χ0n) is 15.3. The topological polar surface area (TPSA) is 47.6 Å². The van der Waals surface area contributed by atoms with Gasteiger partial charge in [-0.25, -0.2) is 0 Å². The molecule has 0 aliphatic rings. The first-order chi connectivity index (χ1) is 13.0. The molecule has 1 N–H and O–H groups in total. The number of thioether (sulfide) groups is 1. The van der Waals surface area contributed by atoms with Gasteiger partial charge in [0, 0.05) is 28.1 Å². The highest BCUT2D eigenvalue weighted by atomic mass is 35.5. The maximum Gasteiger partial charge on any atom is 0.261 e. The number of carbonyl (C=O) groups is 1. The zero-order chi connectivity index (χ0) is 19.6. The van der Waals surface area contributed by atoms with Gasteiger partial charge in [-0.2, -0.15) is 11.8 Å². The van der Waals surface area contributed by atoms with E-state index in [1.54, 1.807) is 43.1 Å². The summed E-state index contributed by atoms with van der Waals surface area (Å²) in [5.41, 5.74) is 0.923. The molecule has 0 heterocycles. The summed E-state index contributed by atoms with van der Waals surface area (Å²) < 4.78 is 10.9. The third-order valence-corrected chi connectivity index (χ3v) is 5.55. The predicted octanol–water partition coefficient (Wildman–Crippen LogP) is 5.21. The molecule has 0 radical (unpaired) electrons. The van der Waals surface area contributed by atoms with Gasteiger partial charge in [0.15, 0.2) is 6.10 Å². The number of hydrogen-bond donors (Lipinski definition) is 1. The van der Waals surface area contributed by atoms with Gasteiger partial charge in [-0.1, -0.05) is 36.2 Å². The molecule has 2 aromatic rings. The molecule has 0 bridgehead atoms. The molecule has 0 fully saturated rings. The van der Waals surface area contributed by atoms with Crippen LogP contribution in [0.1, 0.15) is 18.9 Å². The van der Waals surface area contributed by atoms with E-state index in [4.69, 9.17) is 32.7 Å². The first kappa shape index (κ1) is 21.7. The van der Waals surface area contributed by atoms with Gasteiger partial charge < -0.3 is 14.8 Å². The zero-order valence-corrected chi connectivity index (χ0v) is 17.7. The number of hydrogen-bond acceptors (Lipinski definition) is 4. The van der Waals surface area contributed by atoms with Crippen LogP contribution in [0, 0.1) is 0 Å². The molecule has 7 heteroatoms. The van der Waals surface area contributed by atoms with E-state index in [0.29, 0.717) is 34.5 Å². The lowest BCUT2D eigenvalue weighted by Gasteiger charge is -2.17. The van der Waals surface area contributed by atoms with Crippen LogP contribution in [0.4, 0.5) is 0 Å². The second kappa shape index (κ2) is 11.3. The van der Waals surface area contributed by atoms with Gasteiger partial charge in [0.25, 0.3) is 5.91 Å². The van der Waals surface area contributed by atoms with Crippen LogP contribution in [-0.4, -0.2) is 31.4 Å². The maximum absolute atomic E-state index is 12.3. The van der Waals surface area contributed by atoms with E-state index in [1.165, 1.54) is 0 Å². The largest absolute Gasteiger partial charge is 0.497 e. The molecule has 2 aromatic carbocycles. The van der Waals surface area contributed by atoms with Crippen molar-refractivity contribution >= 4 is 40.9 Å². The van der Waals surface area contributed by atoms with Gasteiger partial charge in [-0.3, -0.25) is 4.79 Å². The fourth-order valence-electron chi connectivity index (χ4n) is 2.35. The number of halogens is 2. The highest BCUT2D eigenvalue weighted by Crippen LogP contribution is 2.28. The van der Waals surface area contributed by atoms with Crippen molar-refractivity contribution in [2.45, 2.75) is 25.2 Å². The lowest BCUT2D eigenvalue weighted by molar-refractivity contribution is -0.127. The van der Waals surface area contributed by atoms with Crippen molar-refractivity contribution < 1.29 is 14.3 Å². The summed E-state index contributed by atoms with van der Waals surface area (Å²) in [5.74, 6) is 2.72. The van der Waals surface area contributed by atoms with Crippen molar-refractivity contribution in [1.29, 1.82) is 0 Å². The van der Waals surface area contributed by atoms with Crippen LogP contribution in [0.3, 0.4) is 0 Å². The summed E-state index contributed by atoms with van der Waals surface area (Å²) in [7, 11) is 1.61. The van der Waals surface area contributed by atoms with E-state index >= 15 is 0 Å². The molecule has 1 amide bonds. The number of carbonyl (C=O) groups excluding carboxylic acids is 1. The molecule has 27 heavy (non-hydrogen) atoms. The minimum Gasteiger partial charge on any atom is -0.497 e. The Hall–Kier alpha value is -1.56. The van der Waals surface area contributed by atoms with E-state index in [9.17, 15) is 4.79 Å². The van der Waals surface area contributed by atoms with E-state index in [-0.39, 0.29) is 5.91 Å². The molecule has 0 spiro atoms. The Morgan fingerprint density at radius 1 is 1.11 bits per heavy atom. The van der Waals surface area contributed by atoms with Crippen molar-refractivity contribution in [3.8, 4) is 11.5 Å². The van der Waals surface area contributed by atoms with Gasteiger partial charge in [0.05, 0.1) is 7.11 Å². The minimum absolute atomic E-state index is 0.121. The molecular weight excluding hydrogens is 405 g/mol. The first-order valence-electron chi connectivity index (χ1n) is 8.64. The number of ether oxygens (including phenoxy) is 2. The predicted molar refractivity (Wildman–Crippen MR) is 113 cm³/mol. The standard InChI is InChI=1S/C20H23Cl2NO3S/c1-3-19(26-15-9-7-14(25-2)8-10-15)20(24)23-11-12-27-13-16-17(21)5-4-6-18(16)22/h4-10,19H,3,11-13H2,1-2H3,(H,23,24)/t19-/m0/s1. The molecule has 0 saturated heterocycles. The SMILES string of the molecule is CC[C@H](Oc1ccc(OC)cc1)C(=O)NCCSCc1c(Cl)cccc1Cl. The van der Waals surface area contributed by atoms with Gasteiger partial charge in [-0.05, 0) is 48.4 Å². The smallest absolute Gasteiger partial charge is 0.261 e. The first-order valence-corrected chi connectivity index (χ1v) is 10.5. The summed E-state index contributed by atoms with van der Waals surface area (Å²) >= 11 is 14.0. The Labute approximate surface area is 174 Å². The number of nitrogens with one attached hydrogen (secondary N) is 1. The Morgan fingerprint density at radius 3 is 2.33 bits per heavy atom. The summed E-state index contributed by atoms with van der Waals surface area (Å²) in [4.78, 5) is 12.3. The van der Waals surface area contributed by atoms with Crippen LogP contribution < -0.4 is 14.8 Å². The second-order valence-electron chi connectivity index (χ2n) is 5.73. The lowest BCUT2D eigenvalue weighted by Crippen LogP contribution is -2.39. The highest BCUT2D eigenvalue weighted by molar-refractivity contribution is 7.98. The van der Waals surface area contributed by atoms with Gasteiger partial charge in [0.1, 0.15) is 11.5 Å². The Balaban J connectivity index is 1.74. The van der Waals surface area contributed by atoms with Crippen molar-refractivity contribution in [2.75, 3.05) is 19.4 Å². The van der Waals surface area contributed by atoms with Crippen molar-refractivity contribution in [3.63, 3.8) is 0 Å². The van der Waals surface area contributed by atoms with Crippen LogP contribution in [-0.2, 0) is 10.5 Å². The molecule has 0 aromatic heterocycles. The molecule has 146 valence electrons. The molecule has 0 unspecified atom stereocenters. The lowest BCUT2D eigenvalue weighted by atomic mass is 10.2. The van der Waals surface area contributed by atoms with E-state index in [0.717, 1.165) is 17.1 Å². The summed E-state index contributed by atoms with van der Waals surface area (Å²) in [5, 5.41) is 4.25. The quantitative estimate of drug-likeness (QED) is 0.528. The number of rotatable bonds is 10. The van der Waals surface area contributed by atoms with Crippen molar-refractivity contribution in [3.05, 3.63) is 58.1 Å². The summed E-state index contributed by atoms with van der Waals surface area (Å²) in [6.07, 6.45) is 0.0571. The fraction of sp³-hybridized carbons (Fsp3) is 0.350. The molecule has 0 saturated carbocycles. The Morgan fingerprint density at radius 2 is 1.74 bits per heavy atom. The monoisotopic (exact) mass is 427 g/mol. The third-order valence-electron chi connectivity index (χ3n) is 3.85. The normalized spacial score (nSPS) is 11.7. The molecular formula is C20H23Cl2NO3S. The van der Waals surface area contributed by atoms with Crippen LogP contribution in [0.2, 0.25) is 10.0 Å². The average molecular weight is 428 g/mol. The number of methoxy groups -OCH3 is 1.